The summed E-state index contributed by atoms with van der Waals surface area (Å²) in [4.78, 5) is 31.6. The fourth-order valence-corrected chi connectivity index (χ4v) is 5.41. The van der Waals surface area contributed by atoms with Crippen LogP contribution in [0.3, 0.4) is 0 Å². The quantitative estimate of drug-likeness (QED) is 0.631. The number of rotatable bonds is 5. The van der Waals surface area contributed by atoms with Crippen molar-refractivity contribution in [3.8, 4) is 0 Å². The van der Waals surface area contributed by atoms with Gasteiger partial charge in [0.25, 0.3) is 0 Å². The molecule has 0 radical (unpaired) electrons. The number of ether oxygens (including phenoxy) is 1. The number of benzene rings is 2. The van der Waals surface area contributed by atoms with E-state index in [0.717, 1.165) is 17.6 Å². The van der Waals surface area contributed by atoms with Crippen LogP contribution in [0.15, 0.2) is 72.9 Å². The molecular weight excluding hydrogens is 390 g/mol. The predicted octanol–water partition coefficient (Wildman–Crippen LogP) is 3.13. The van der Waals surface area contributed by atoms with Crippen molar-refractivity contribution in [2.45, 2.75) is 18.1 Å². The van der Waals surface area contributed by atoms with Crippen molar-refractivity contribution in [1.29, 1.82) is 0 Å². The Bertz CT molecular complexity index is 1200. The average Bonchev–Trinajstić information content (AvgIpc) is 3.53. The number of likely N-dealkylation sites (tertiary alicyclic amines) is 1. The van der Waals surface area contributed by atoms with Gasteiger partial charge in [0.1, 0.15) is 5.60 Å². The highest BCUT2D eigenvalue weighted by Gasteiger charge is 2.66. The topological polar surface area (TPSA) is 74.4 Å². The number of H-pyrrole nitrogens is 1. The largest absolute Gasteiger partial charge is 0.361 e. The molecule has 0 saturated carbocycles. The first-order valence-electron chi connectivity index (χ1n) is 10.7. The summed E-state index contributed by atoms with van der Waals surface area (Å²) >= 11 is 0. The Balaban J connectivity index is 1.21. The number of carbonyl (C=O) groups is 2. The summed E-state index contributed by atoms with van der Waals surface area (Å²) in [6, 6.07) is 17.5. The highest BCUT2D eigenvalue weighted by Crippen LogP contribution is 2.52. The van der Waals surface area contributed by atoms with E-state index in [0.29, 0.717) is 13.1 Å². The Hall–Kier alpha value is -3.38. The van der Waals surface area contributed by atoms with Crippen LogP contribution >= 0.6 is 0 Å². The lowest BCUT2D eigenvalue weighted by molar-refractivity contribution is -0.135. The van der Waals surface area contributed by atoms with Gasteiger partial charge in [0.15, 0.2) is 0 Å². The maximum Gasteiger partial charge on any atom is 0.231 e. The Labute approximate surface area is 179 Å². The lowest BCUT2D eigenvalue weighted by Crippen LogP contribution is -2.41. The van der Waals surface area contributed by atoms with Gasteiger partial charge >= 0.3 is 0 Å². The molecule has 2 amide bonds. The molecule has 2 saturated heterocycles. The highest BCUT2D eigenvalue weighted by atomic mass is 16.5. The van der Waals surface area contributed by atoms with Crippen molar-refractivity contribution < 1.29 is 14.3 Å². The standard InChI is InChI=1S/C25H23N3O3/c29-23(27-17-6-2-1-3-7-17)21-20-10-12-25(31-20)15-28(24(30)22(21)25)13-11-16-14-26-19-9-5-4-8-18(16)19/h1-10,12,14,20-22,26H,11,13,15H2,(H,27,29)/t20-,21+,22-,25+/m1/s1. The maximum atomic E-state index is 13.4. The minimum atomic E-state index is -0.680. The zero-order valence-corrected chi connectivity index (χ0v) is 17.0. The first-order chi connectivity index (χ1) is 15.1. The van der Waals surface area contributed by atoms with Crippen LogP contribution in [0.2, 0.25) is 0 Å². The highest BCUT2D eigenvalue weighted by molar-refractivity contribution is 5.99. The zero-order chi connectivity index (χ0) is 21.0. The number of para-hydroxylation sites is 2. The number of nitrogens with zero attached hydrogens (tertiary/aromatic N) is 1. The number of aromatic amines is 1. The van der Waals surface area contributed by atoms with Gasteiger partial charge in [-0.1, -0.05) is 48.6 Å². The van der Waals surface area contributed by atoms with Crippen LogP contribution in [0.25, 0.3) is 10.9 Å². The van der Waals surface area contributed by atoms with Crippen molar-refractivity contribution in [1.82, 2.24) is 9.88 Å². The second kappa shape index (κ2) is 6.82. The van der Waals surface area contributed by atoms with Crippen LogP contribution < -0.4 is 5.32 Å². The van der Waals surface area contributed by atoms with E-state index in [1.54, 1.807) is 0 Å². The molecule has 6 heteroatoms. The summed E-state index contributed by atoms with van der Waals surface area (Å²) < 4.78 is 6.22. The van der Waals surface area contributed by atoms with Crippen molar-refractivity contribution >= 4 is 28.4 Å². The number of aromatic nitrogens is 1. The number of anilines is 1. The van der Waals surface area contributed by atoms with Crippen LogP contribution in [0, 0.1) is 11.8 Å². The summed E-state index contributed by atoms with van der Waals surface area (Å²) in [6.07, 6.45) is 6.38. The van der Waals surface area contributed by atoms with E-state index in [-0.39, 0.29) is 17.9 Å². The summed E-state index contributed by atoms with van der Waals surface area (Å²) in [5.41, 5.74) is 2.34. The third-order valence-corrected chi connectivity index (χ3v) is 6.85. The van der Waals surface area contributed by atoms with Crippen LogP contribution in [-0.2, 0) is 20.7 Å². The van der Waals surface area contributed by atoms with Gasteiger partial charge < -0.3 is 19.9 Å². The van der Waals surface area contributed by atoms with E-state index in [1.165, 1.54) is 10.9 Å². The average molecular weight is 413 g/mol. The van der Waals surface area contributed by atoms with Gasteiger partial charge in [0.2, 0.25) is 11.8 Å². The molecule has 6 rings (SSSR count). The molecule has 6 nitrogen and oxygen atoms in total. The van der Waals surface area contributed by atoms with E-state index in [4.69, 9.17) is 4.74 Å². The van der Waals surface area contributed by atoms with Gasteiger partial charge in [-0.25, -0.2) is 0 Å². The van der Waals surface area contributed by atoms with E-state index in [9.17, 15) is 9.59 Å². The first-order valence-corrected chi connectivity index (χ1v) is 10.7. The van der Waals surface area contributed by atoms with E-state index in [2.05, 4.69) is 22.4 Å². The molecule has 3 aliphatic rings. The molecule has 2 fully saturated rings. The SMILES string of the molecule is O=C(Nc1ccccc1)[C@H]1[C@H]2C=C[C@@]3(CN(CCc4c[nH]c5ccccc45)C(=O)[C@@H]13)O2. The predicted molar refractivity (Wildman–Crippen MR) is 117 cm³/mol. The molecule has 31 heavy (non-hydrogen) atoms. The molecule has 2 N–H and O–H groups in total. The summed E-state index contributed by atoms with van der Waals surface area (Å²) in [7, 11) is 0. The van der Waals surface area contributed by atoms with E-state index >= 15 is 0 Å². The molecule has 4 atom stereocenters. The van der Waals surface area contributed by atoms with Gasteiger partial charge in [-0.05, 0) is 30.2 Å². The fourth-order valence-electron chi connectivity index (χ4n) is 5.41. The molecule has 156 valence electrons. The molecule has 4 heterocycles. The minimum absolute atomic E-state index is 0.0138. The molecule has 1 aromatic heterocycles. The van der Waals surface area contributed by atoms with Crippen molar-refractivity contribution in [2.24, 2.45) is 11.8 Å². The zero-order valence-electron chi connectivity index (χ0n) is 17.0. The maximum absolute atomic E-state index is 13.4. The third-order valence-electron chi connectivity index (χ3n) is 6.85. The van der Waals surface area contributed by atoms with Crippen molar-refractivity contribution in [3.05, 3.63) is 78.5 Å². The lowest BCUT2D eigenvalue weighted by atomic mass is 9.77. The Morgan fingerprint density at radius 1 is 1.16 bits per heavy atom. The molecular formula is C25H23N3O3. The second-order valence-corrected chi connectivity index (χ2v) is 8.62. The molecule has 0 aliphatic carbocycles. The fraction of sp³-hybridized carbons (Fsp3) is 0.280. The van der Waals surface area contributed by atoms with Gasteiger partial charge in [0, 0.05) is 29.3 Å². The van der Waals surface area contributed by atoms with Gasteiger partial charge in [-0.15, -0.1) is 0 Å². The number of carbonyl (C=O) groups excluding carboxylic acids is 2. The van der Waals surface area contributed by atoms with Crippen molar-refractivity contribution in [3.63, 3.8) is 0 Å². The second-order valence-electron chi connectivity index (χ2n) is 8.62. The Morgan fingerprint density at radius 2 is 1.97 bits per heavy atom. The number of nitrogens with one attached hydrogen (secondary N) is 2. The minimum Gasteiger partial charge on any atom is -0.361 e. The molecule has 0 unspecified atom stereocenters. The normalized spacial score (nSPS) is 28.5. The molecule has 3 aromatic rings. The summed E-state index contributed by atoms with van der Waals surface area (Å²) in [6.45, 7) is 1.11. The van der Waals surface area contributed by atoms with Crippen molar-refractivity contribution in [2.75, 3.05) is 18.4 Å². The van der Waals surface area contributed by atoms with Crippen LogP contribution in [0.1, 0.15) is 5.56 Å². The van der Waals surface area contributed by atoms with E-state index < -0.39 is 17.4 Å². The molecule has 2 bridgehead atoms. The van der Waals surface area contributed by atoms with Crippen LogP contribution in [0.5, 0.6) is 0 Å². The Kier molecular flexibility index (Phi) is 4.05. The molecule has 2 aromatic carbocycles. The van der Waals surface area contributed by atoms with Gasteiger partial charge in [0.05, 0.1) is 24.5 Å². The lowest BCUT2D eigenvalue weighted by Gasteiger charge is -2.23. The Morgan fingerprint density at radius 3 is 2.84 bits per heavy atom. The van der Waals surface area contributed by atoms with Gasteiger partial charge in [-0.3, -0.25) is 9.59 Å². The summed E-state index contributed by atoms with van der Waals surface area (Å²) in [5.74, 6) is -1.11. The monoisotopic (exact) mass is 413 g/mol. The van der Waals surface area contributed by atoms with Gasteiger partial charge in [-0.2, -0.15) is 0 Å². The van der Waals surface area contributed by atoms with E-state index in [1.807, 2.05) is 65.7 Å². The molecule has 3 aliphatic heterocycles. The van der Waals surface area contributed by atoms with Crippen LogP contribution in [0.4, 0.5) is 5.69 Å². The van der Waals surface area contributed by atoms with Crippen LogP contribution in [-0.4, -0.2) is 46.5 Å². The number of hydrogen-bond donors (Lipinski definition) is 2. The number of amides is 2. The summed E-state index contributed by atoms with van der Waals surface area (Å²) in [5, 5.41) is 4.15. The number of fused-ring (bicyclic) bond motifs is 2. The number of hydrogen-bond acceptors (Lipinski definition) is 3. The molecule has 1 spiro atoms. The smallest absolute Gasteiger partial charge is 0.231 e. The first kappa shape index (κ1) is 18.4. The third kappa shape index (κ3) is 2.82.